The predicted octanol–water partition coefficient (Wildman–Crippen LogP) is 2.29. The molecule has 1 atom stereocenters. The highest BCUT2D eigenvalue weighted by Gasteiger charge is 2.27. The molecule has 1 aliphatic carbocycles. The van der Waals surface area contributed by atoms with E-state index in [1.165, 1.54) is 19.3 Å². The van der Waals surface area contributed by atoms with E-state index in [9.17, 15) is 4.79 Å². The third kappa shape index (κ3) is 2.21. The van der Waals surface area contributed by atoms with E-state index in [1.807, 2.05) is 0 Å². The molecule has 64 valence electrons. The lowest BCUT2D eigenvalue weighted by atomic mass is 9.73. The monoisotopic (exact) mass is 156 g/mol. The van der Waals surface area contributed by atoms with Crippen molar-refractivity contribution in [1.82, 2.24) is 0 Å². The quantitative estimate of drug-likeness (QED) is 0.678. The summed E-state index contributed by atoms with van der Waals surface area (Å²) in [4.78, 5) is 10.4. The van der Waals surface area contributed by atoms with Crippen LogP contribution in [0.2, 0.25) is 0 Å². The van der Waals surface area contributed by atoms with E-state index in [0.717, 1.165) is 12.3 Å². The first kappa shape index (κ1) is 8.57. The minimum Gasteiger partial charge on any atom is -0.481 e. The first-order valence-corrected chi connectivity index (χ1v) is 4.45. The zero-order chi connectivity index (χ0) is 8.27. The van der Waals surface area contributed by atoms with Crippen LogP contribution in [0.5, 0.6) is 0 Å². The average Bonchev–Trinajstić information content (AvgIpc) is 1.81. The summed E-state index contributed by atoms with van der Waals surface area (Å²) in [5.41, 5.74) is 0. The minimum atomic E-state index is -0.635. The number of aliphatic carboxylic acids is 1. The Morgan fingerprint density at radius 2 is 2.27 bits per heavy atom. The number of carbonyl (C=O) groups is 1. The number of hydrogen-bond donors (Lipinski definition) is 1. The van der Waals surface area contributed by atoms with Gasteiger partial charge in [0.05, 0.1) is 0 Å². The summed E-state index contributed by atoms with van der Waals surface area (Å²) in [6, 6.07) is 0. The molecule has 1 N–H and O–H groups in total. The van der Waals surface area contributed by atoms with Crippen LogP contribution in [-0.4, -0.2) is 11.1 Å². The molecule has 0 heterocycles. The molecular weight excluding hydrogens is 140 g/mol. The van der Waals surface area contributed by atoms with Crippen molar-refractivity contribution in [2.24, 2.45) is 11.8 Å². The van der Waals surface area contributed by atoms with Crippen LogP contribution in [0.3, 0.4) is 0 Å². The van der Waals surface area contributed by atoms with Crippen molar-refractivity contribution in [3.05, 3.63) is 0 Å². The maximum atomic E-state index is 10.4. The van der Waals surface area contributed by atoms with Gasteiger partial charge in [0.1, 0.15) is 0 Å². The van der Waals surface area contributed by atoms with Crippen molar-refractivity contribution in [2.75, 3.05) is 0 Å². The summed E-state index contributed by atoms with van der Waals surface area (Å²) in [6.45, 7) is 2.09. The van der Waals surface area contributed by atoms with Gasteiger partial charge in [-0.1, -0.05) is 32.6 Å². The Morgan fingerprint density at radius 3 is 2.55 bits per heavy atom. The van der Waals surface area contributed by atoms with Crippen LogP contribution in [0.1, 0.15) is 39.0 Å². The fourth-order valence-corrected chi connectivity index (χ4v) is 1.78. The molecule has 0 spiro atoms. The molecule has 0 radical (unpaired) electrons. The standard InChI is InChI=1S/C9H16O2/c1-2-7(6-9(10)11)8-4-3-5-8/h7-8H,2-6H2,1H3,(H,10,11). The van der Waals surface area contributed by atoms with Crippen molar-refractivity contribution in [3.63, 3.8) is 0 Å². The molecule has 0 saturated heterocycles. The Balaban J connectivity index is 2.29. The smallest absolute Gasteiger partial charge is 0.303 e. The number of hydrogen-bond acceptors (Lipinski definition) is 1. The molecule has 0 bridgehead atoms. The highest BCUT2D eigenvalue weighted by molar-refractivity contribution is 5.67. The van der Waals surface area contributed by atoms with Crippen LogP contribution in [0.4, 0.5) is 0 Å². The van der Waals surface area contributed by atoms with Crippen LogP contribution in [0.25, 0.3) is 0 Å². The lowest BCUT2D eigenvalue weighted by Crippen LogP contribution is -2.23. The normalized spacial score (nSPS) is 20.8. The van der Waals surface area contributed by atoms with Gasteiger partial charge in [0.15, 0.2) is 0 Å². The second-order valence-electron chi connectivity index (χ2n) is 3.46. The minimum absolute atomic E-state index is 0.376. The fourth-order valence-electron chi connectivity index (χ4n) is 1.78. The second kappa shape index (κ2) is 3.74. The first-order chi connectivity index (χ1) is 5.24. The van der Waals surface area contributed by atoms with Gasteiger partial charge < -0.3 is 5.11 Å². The summed E-state index contributed by atoms with van der Waals surface area (Å²) in [5.74, 6) is 0.529. The molecule has 1 rings (SSSR count). The molecule has 0 aromatic heterocycles. The van der Waals surface area contributed by atoms with Crippen molar-refractivity contribution in [2.45, 2.75) is 39.0 Å². The van der Waals surface area contributed by atoms with E-state index < -0.39 is 5.97 Å². The molecule has 0 aliphatic heterocycles. The first-order valence-electron chi connectivity index (χ1n) is 4.45. The van der Waals surface area contributed by atoms with Gasteiger partial charge in [0.25, 0.3) is 0 Å². The Labute approximate surface area is 67.6 Å². The molecule has 1 saturated carbocycles. The van der Waals surface area contributed by atoms with Crippen molar-refractivity contribution >= 4 is 5.97 Å². The van der Waals surface area contributed by atoms with Crippen molar-refractivity contribution in [1.29, 1.82) is 0 Å². The van der Waals surface area contributed by atoms with Crippen LogP contribution >= 0.6 is 0 Å². The molecule has 1 unspecified atom stereocenters. The Morgan fingerprint density at radius 1 is 1.64 bits per heavy atom. The number of rotatable bonds is 4. The third-order valence-electron chi connectivity index (χ3n) is 2.78. The molecule has 11 heavy (non-hydrogen) atoms. The molecule has 0 aromatic carbocycles. The van der Waals surface area contributed by atoms with Crippen LogP contribution in [-0.2, 0) is 4.79 Å². The Bertz CT molecular complexity index is 138. The van der Waals surface area contributed by atoms with Gasteiger partial charge in [-0.15, -0.1) is 0 Å². The maximum Gasteiger partial charge on any atom is 0.303 e. The van der Waals surface area contributed by atoms with E-state index in [0.29, 0.717) is 12.3 Å². The molecule has 0 amide bonds. The zero-order valence-electron chi connectivity index (χ0n) is 7.05. The van der Waals surface area contributed by atoms with Gasteiger partial charge in [-0.05, 0) is 11.8 Å². The largest absolute Gasteiger partial charge is 0.481 e. The van der Waals surface area contributed by atoms with Crippen molar-refractivity contribution in [3.8, 4) is 0 Å². The summed E-state index contributed by atoms with van der Waals surface area (Å²) in [6.07, 6.45) is 5.22. The fraction of sp³-hybridized carbons (Fsp3) is 0.889. The summed E-state index contributed by atoms with van der Waals surface area (Å²) in [5, 5.41) is 8.58. The predicted molar refractivity (Wildman–Crippen MR) is 43.4 cm³/mol. The van der Waals surface area contributed by atoms with E-state index in [4.69, 9.17) is 5.11 Å². The van der Waals surface area contributed by atoms with Crippen LogP contribution in [0.15, 0.2) is 0 Å². The molecule has 1 fully saturated rings. The topological polar surface area (TPSA) is 37.3 Å². The van der Waals surface area contributed by atoms with Gasteiger partial charge in [0, 0.05) is 6.42 Å². The summed E-state index contributed by atoms with van der Waals surface area (Å²) >= 11 is 0. The number of carboxylic acid groups (broad SMARTS) is 1. The highest BCUT2D eigenvalue weighted by Crippen LogP contribution is 2.36. The van der Waals surface area contributed by atoms with Gasteiger partial charge >= 0.3 is 5.97 Å². The summed E-state index contributed by atoms with van der Waals surface area (Å²) < 4.78 is 0. The van der Waals surface area contributed by atoms with Gasteiger partial charge in [-0.2, -0.15) is 0 Å². The highest BCUT2D eigenvalue weighted by atomic mass is 16.4. The van der Waals surface area contributed by atoms with Crippen molar-refractivity contribution < 1.29 is 9.90 Å². The second-order valence-corrected chi connectivity index (χ2v) is 3.46. The Kier molecular flexibility index (Phi) is 2.92. The van der Waals surface area contributed by atoms with Crippen LogP contribution < -0.4 is 0 Å². The Hall–Kier alpha value is -0.530. The van der Waals surface area contributed by atoms with Gasteiger partial charge in [-0.3, -0.25) is 4.79 Å². The van der Waals surface area contributed by atoms with Gasteiger partial charge in [-0.25, -0.2) is 0 Å². The molecular formula is C9H16O2. The molecule has 0 aromatic rings. The van der Waals surface area contributed by atoms with Crippen LogP contribution in [0, 0.1) is 11.8 Å². The zero-order valence-corrected chi connectivity index (χ0v) is 7.05. The lowest BCUT2D eigenvalue weighted by Gasteiger charge is -2.32. The van der Waals surface area contributed by atoms with E-state index in [1.54, 1.807) is 0 Å². The summed E-state index contributed by atoms with van der Waals surface area (Å²) in [7, 11) is 0. The molecule has 2 heteroatoms. The van der Waals surface area contributed by atoms with E-state index >= 15 is 0 Å². The lowest BCUT2D eigenvalue weighted by molar-refractivity contribution is -0.138. The SMILES string of the molecule is CCC(CC(=O)O)C1CCC1. The third-order valence-corrected chi connectivity index (χ3v) is 2.78. The van der Waals surface area contributed by atoms with E-state index in [2.05, 4.69) is 6.92 Å². The average molecular weight is 156 g/mol. The molecule has 2 nitrogen and oxygen atoms in total. The maximum absolute atomic E-state index is 10.4. The molecule has 1 aliphatic rings. The van der Waals surface area contributed by atoms with Gasteiger partial charge in [0.2, 0.25) is 0 Å². The van der Waals surface area contributed by atoms with E-state index in [-0.39, 0.29) is 0 Å². The number of carboxylic acids is 1.